The Balaban J connectivity index is 1.75. The van der Waals surface area contributed by atoms with E-state index in [2.05, 4.69) is 4.99 Å². The number of fused-ring (bicyclic) bond motifs is 1. The number of hydrogen-bond acceptors (Lipinski definition) is 3. The maximum Gasteiger partial charge on any atom is 0.249 e. The van der Waals surface area contributed by atoms with Crippen LogP contribution in [0.4, 0.5) is 4.39 Å². The van der Waals surface area contributed by atoms with Gasteiger partial charge in [0.05, 0.1) is 10.2 Å². The summed E-state index contributed by atoms with van der Waals surface area (Å²) in [5, 5.41) is 0. The van der Waals surface area contributed by atoms with Crippen LogP contribution in [0.25, 0.3) is 10.2 Å². The van der Waals surface area contributed by atoms with Gasteiger partial charge < -0.3 is 4.57 Å². The highest BCUT2D eigenvalue weighted by Crippen LogP contribution is 2.19. The van der Waals surface area contributed by atoms with Crippen molar-refractivity contribution in [3.05, 3.63) is 59.1 Å². The van der Waals surface area contributed by atoms with Crippen molar-refractivity contribution in [2.24, 2.45) is 4.99 Å². The number of aryl methyl sites for hydroxylation is 1. The van der Waals surface area contributed by atoms with Crippen molar-refractivity contribution in [2.75, 3.05) is 5.75 Å². The average molecular weight is 360 g/mol. The molecule has 0 saturated carbocycles. The second-order valence-corrected chi connectivity index (χ2v) is 7.34. The van der Waals surface area contributed by atoms with Crippen molar-refractivity contribution >= 4 is 39.2 Å². The third-order valence-electron chi connectivity index (χ3n) is 3.51. The summed E-state index contributed by atoms with van der Waals surface area (Å²) in [6, 6.07) is 14.6. The van der Waals surface area contributed by atoms with Crippen LogP contribution in [0.5, 0.6) is 0 Å². The van der Waals surface area contributed by atoms with Crippen LogP contribution in [0.2, 0.25) is 0 Å². The van der Waals surface area contributed by atoms with Crippen molar-refractivity contribution < 1.29 is 9.18 Å². The number of carbonyl (C=O) groups is 1. The van der Waals surface area contributed by atoms with Crippen LogP contribution in [0.3, 0.4) is 0 Å². The summed E-state index contributed by atoms with van der Waals surface area (Å²) in [7, 11) is 0. The predicted molar refractivity (Wildman–Crippen MR) is 97.8 cm³/mol. The summed E-state index contributed by atoms with van der Waals surface area (Å²) < 4.78 is 16.1. The first kappa shape index (κ1) is 16.9. The van der Waals surface area contributed by atoms with Gasteiger partial charge in [-0.25, -0.2) is 4.39 Å². The van der Waals surface area contributed by atoms with Crippen LogP contribution in [0.1, 0.15) is 13.3 Å². The van der Waals surface area contributed by atoms with Crippen molar-refractivity contribution in [2.45, 2.75) is 24.8 Å². The van der Waals surface area contributed by atoms with Crippen LogP contribution >= 0.6 is 23.1 Å². The van der Waals surface area contributed by atoms with Crippen molar-refractivity contribution in [3.63, 3.8) is 0 Å². The minimum absolute atomic E-state index is 0.146. The fraction of sp³-hybridized carbons (Fsp3) is 0.222. The molecule has 0 spiro atoms. The molecular formula is C18H17FN2OS2. The quantitative estimate of drug-likeness (QED) is 0.629. The highest BCUT2D eigenvalue weighted by Gasteiger charge is 2.08. The summed E-state index contributed by atoms with van der Waals surface area (Å²) in [5.41, 5.74) is 0.911. The third-order valence-corrected chi connectivity index (χ3v) is 5.56. The smallest absolute Gasteiger partial charge is 0.249 e. The van der Waals surface area contributed by atoms with Gasteiger partial charge in [0, 0.05) is 23.6 Å². The molecule has 1 amide bonds. The van der Waals surface area contributed by atoms with Gasteiger partial charge >= 0.3 is 0 Å². The number of carbonyl (C=O) groups excluding carboxylic acids is 1. The molecule has 0 aliphatic carbocycles. The molecule has 0 saturated heterocycles. The van der Waals surface area contributed by atoms with E-state index in [1.807, 2.05) is 41.8 Å². The normalized spacial score (nSPS) is 12.0. The van der Waals surface area contributed by atoms with Crippen LogP contribution in [-0.2, 0) is 11.3 Å². The molecule has 3 rings (SSSR count). The molecule has 0 atom stereocenters. The van der Waals surface area contributed by atoms with Gasteiger partial charge in [0.25, 0.3) is 0 Å². The van der Waals surface area contributed by atoms with Gasteiger partial charge in [-0.1, -0.05) is 29.5 Å². The van der Waals surface area contributed by atoms with E-state index in [-0.39, 0.29) is 11.7 Å². The van der Waals surface area contributed by atoms with E-state index in [0.29, 0.717) is 23.5 Å². The minimum atomic E-state index is -0.274. The predicted octanol–water partition coefficient (Wildman–Crippen LogP) is 4.47. The zero-order valence-corrected chi connectivity index (χ0v) is 14.9. The Labute approximate surface area is 147 Å². The van der Waals surface area contributed by atoms with E-state index in [9.17, 15) is 9.18 Å². The molecule has 124 valence electrons. The van der Waals surface area contributed by atoms with Gasteiger partial charge in [0.15, 0.2) is 4.80 Å². The number of aromatic nitrogens is 1. The number of benzene rings is 2. The van der Waals surface area contributed by atoms with Gasteiger partial charge in [-0.05, 0) is 37.3 Å². The largest absolute Gasteiger partial charge is 0.317 e. The lowest BCUT2D eigenvalue weighted by Gasteiger charge is -2.00. The van der Waals surface area contributed by atoms with Gasteiger partial charge in [-0.3, -0.25) is 4.79 Å². The molecule has 2 aromatic carbocycles. The van der Waals surface area contributed by atoms with E-state index in [4.69, 9.17) is 0 Å². The molecule has 3 nitrogen and oxygen atoms in total. The molecule has 0 bridgehead atoms. The van der Waals surface area contributed by atoms with Crippen LogP contribution < -0.4 is 4.80 Å². The number of rotatable bonds is 5. The molecule has 1 heterocycles. The summed E-state index contributed by atoms with van der Waals surface area (Å²) >= 11 is 2.99. The lowest BCUT2D eigenvalue weighted by atomic mass is 10.3. The van der Waals surface area contributed by atoms with Gasteiger partial charge in [-0.2, -0.15) is 4.99 Å². The first-order chi connectivity index (χ1) is 11.7. The van der Waals surface area contributed by atoms with Crippen LogP contribution in [0.15, 0.2) is 58.4 Å². The molecule has 24 heavy (non-hydrogen) atoms. The van der Waals surface area contributed by atoms with Crippen molar-refractivity contribution in [1.82, 2.24) is 4.57 Å². The van der Waals surface area contributed by atoms with E-state index in [1.54, 1.807) is 17.8 Å². The molecule has 0 aliphatic rings. The minimum Gasteiger partial charge on any atom is -0.317 e. The maximum atomic E-state index is 13.4. The van der Waals surface area contributed by atoms with Crippen molar-refractivity contribution in [3.8, 4) is 0 Å². The van der Waals surface area contributed by atoms with Crippen LogP contribution in [-0.4, -0.2) is 16.2 Å². The van der Waals surface area contributed by atoms with E-state index in [0.717, 1.165) is 15.1 Å². The lowest BCUT2D eigenvalue weighted by molar-refractivity contribution is -0.117. The molecule has 0 unspecified atom stereocenters. The lowest BCUT2D eigenvalue weighted by Crippen LogP contribution is -2.15. The Morgan fingerprint density at radius 1 is 1.25 bits per heavy atom. The van der Waals surface area contributed by atoms with E-state index >= 15 is 0 Å². The summed E-state index contributed by atoms with van der Waals surface area (Å²) in [6.45, 7) is 2.68. The second kappa shape index (κ2) is 7.77. The molecule has 0 radical (unpaired) electrons. The number of nitrogens with zero attached hydrogens (tertiary/aromatic N) is 2. The highest BCUT2D eigenvalue weighted by molar-refractivity contribution is 7.99. The molecule has 0 N–H and O–H groups in total. The standard InChI is InChI=1S/C18H17FN2OS2/c1-2-21-15-9-8-13(19)12-16(15)24-18(21)20-17(22)10-11-23-14-6-4-3-5-7-14/h3-9,12H,2,10-11H2,1H3. The number of amides is 1. The van der Waals surface area contributed by atoms with E-state index in [1.165, 1.54) is 23.5 Å². The van der Waals surface area contributed by atoms with Crippen molar-refractivity contribution in [1.29, 1.82) is 0 Å². The Bertz CT molecular complexity index is 916. The first-order valence-electron chi connectivity index (χ1n) is 7.71. The van der Waals surface area contributed by atoms with E-state index < -0.39 is 0 Å². The summed E-state index contributed by atoms with van der Waals surface area (Å²) in [6.07, 6.45) is 0.381. The zero-order valence-electron chi connectivity index (χ0n) is 13.2. The Hall–Kier alpha value is -1.92. The Morgan fingerprint density at radius 3 is 2.79 bits per heavy atom. The highest BCUT2D eigenvalue weighted by atomic mass is 32.2. The zero-order chi connectivity index (χ0) is 16.9. The summed E-state index contributed by atoms with van der Waals surface area (Å²) in [5.74, 6) is 0.273. The Morgan fingerprint density at radius 2 is 2.04 bits per heavy atom. The molecule has 0 fully saturated rings. The third kappa shape index (κ3) is 3.94. The fourth-order valence-corrected chi connectivity index (χ4v) is 4.37. The second-order valence-electron chi connectivity index (χ2n) is 5.16. The number of thioether (sulfide) groups is 1. The maximum absolute atomic E-state index is 13.4. The number of thiazole rings is 1. The Kier molecular flexibility index (Phi) is 5.48. The van der Waals surface area contributed by atoms with Gasteiger partial charge in [-0.15, -0.1) is 11.8 Å². The van der Waals surface area contributed by atoms with Crippen LogP contribution in [0, 0.1) is 5.82 Å². The molecule has 6 heteroatoms. The average Bonchev–Trinajstić information content (AvgIpc) is 2.91. The van der Waals surface area contributed by atoms with Gasteiger partial charge in [0.1, 0.15) is 5.82 Å². The number of hydrogen-bond donors (Lipinski definition) is 0. The fourth-order valence-electron chi connectivity index (χ4n) is 2.37. The summed E-state index contributed by atoms with van der Waals surface area (Å²) in [4.78, 5) is 18.2. The molecular weight excluding hydrogens is 343 g/mol. The SMILES string of the molecule is CCn1c(=NC(=O)CCSc2ccccc2)sc2cc(F)ccc21. The molecule has 1 aromatic heterocycles. The van der Waals surface area contributed by atoms with Gasteiger partial charge in [0.2, 0.25) is 5.91 Å². The molecule has 0 aliphatic heterocycles. The molecule has 3 aromatic rings. The number of halogens is 1. The first-order valence-corrected chi connectivity index (χ1v) is 9.52. The topological polar surface area (TPSA) is 34.4 Å². The monoisotopic (exact) mass is 360 g/mol.